The van der Waals surface area contributed by atoms with Crippen LogP contribution in [0, 0.1) is 0 Å². The molecule has 0 bridgehead atoms. The third kappa shape index (κ3) is 7.92. The van der Waals surface area contributed by atoms with Crippen LogP contribution in [0.3, 0.4) is 0 Å². The first-order valence-electron chi connectivity index (χ1n) is 4.45. The smallest absolute Gasteiger partial charge is 0.305 e. The molecule has 0 aromatic rings. The second-order valence-electron chi connectivity index (χ2n) is 2.67. The molecule has 0 saturated heterocycles. The fourth-order valence-electron chi connectivity index (χ4n) is 0.763. The summed E-state index contributed by atoms with van der Waals surface area (Å²) in [4.78, 5) is 11.0. The van der Waals surface area contributed by atoms with Crippen LogP contribution in [0.25, 0.3) is 0 Å². The van der Waals surface area contributed by atoms with Crippen molar-refractivity contribution >= 4 is 17.7 Å². The van der Waals surface area contributed by atoms with E-state index in [0.717, 1.165) is 25.0 Å². The zero-order valence-corrected chi connectivity index (χ0v) is 8.78. The van der Waals surface area contributed by atoms with Crippen LogP contribution >= 0.6 is 11.8 Å². The molecular weight excluding hydrogens is 172 g/mol. The number of hydrogen-bond acceptors (Lipinski definition) is 3. The van der Waals surface area contributed by atoms with Crippen LogP contribution in [-0.4, -0.2) is 24.6 Å². The van der Waals surface area contributed by atoms with Gasteiger partial charge in [-0.3, -0.25) is 4.79 Å². The fraction of sp³-hybridized carbons (Fsp3) is 0.889. The Morgan fingerprint density at radius 2 is 2.17 bits per heavy atom. The molecule has 0 rings (SSSR count). The maximum atomic E-state index is 11.0. The first-order chi connectivity index (χ1) is 5.81. The van der Waals surface area contributed by atoms with Crippen LogP contribution in [0.1, 0.15) is 32.6 Å². The highest BCUT2D eigenvalue weighted by molar-refractivity contribution is 7.98. The van der Waals surface area contributed by atoms with E-state index in [4.69, 9.17) is 4.74 Å². The van der Waals surface area contributed by atoms with E-state index >= 15 is 0 Å². The first kappa shape index (κ1) is 11.8. The lowest BCUT2D eigenvalue weighted by atomic mass is 10.3. The number of unbranched alkanes of at least 4 members (excludes halogenated alkanes) is 1. The largest absolute Gasteiger partial charge is 0.466 e. The van der Waals surface area contributed by atoms with Crippen LogP contribution in [0.4, 0.5) is 0 Å². The number of hydrogen-bond donors (Lipinski definition) is 0. The minimum absolute atomic E-state index is 0.0440. The molecule has 2 nitrogen and oxygen atoms in total. The average Bonchev–Trinajstić information content (AvgIpc) is 2.06. The van der Waals surface area contributed by atoms with E-state index in [1.807, 2.05) is 6.26 Å². The molecule has 0 amide bonds. The van der Waals surface area contributed by atoms with Crippen LogP contribution in [0.15, 0.2) is 0 Å². The summed E-state index contributed by atoms with van der Waals surface area (Å²) < 4.78 is 4.98. The molecule has 0 N–H and O–H groups in total. The molecule has 3 heteroatoms. The van der Waals surface area contributed by atoms with E-state index in [9.17, 15) is 4.79 Å². The van der Waals surface area contributed by atoms with Crippen molar-refractivity contribution in [2.24, 2.45) is 0 Å². The summed E-state index contributed by atoms with van der Waals surface area (Å²) in [5.74, 6) is 1.00. The highest BCUT2D eigenvalue weighted by atomic mass is 32.2. The predicted molar refractivity (Wildman–Crippen MR) is 53.5 cm³/mol. The van der Waals surface area contributed by atoms with Crippen molar-refractivity contribution in [3.63, 3.8) is 0 Å². The van der Waals surface area contributed by atoms with Crippen molar-refractivity contribution in [3.05, 3.63) is 0 Å². The Morgan fingerprint density at radius 3 is 2.75 bits per heavy atom. The SMILES string of the molecule is CCCCOC(=O)CCCSC. The van der Waals surface area contributed by atoms with Crippen molar-refractivity contribution in [2.45, 2.75) is 32.6 Å². The Hall–Kier alpha value is -0.180. The van der Waals surface area contributed by atoms with Crippen LogP contribution in [0.2, 0.25) is 0 Å². The maximum absolute atomic E-state index is 11.0. The average molecular weight is 190 g/mol. The third-order valence-electron chi connectivity index (χ3n) is 1.49. The lowest BCUT2D eigenvalue weighted by molar-refractivity contribution is -0.143. The van der Waals surface area contributed by atoms with Crippen molar-refractivity contribution in [1.29, 1.82) is 0 Å². The Kier molecular flexibility index (Phi) is 8.78. The second-order valence-corrected chi connectivity index (χ2v) is 3.66. The van der Waals surface area contributed by atoms with E-state index < -0.39 is 0 Å². The Labute approximate surface area is 79.1 Å². The lowest BCUT2D eigenvalue weighted by Crippen LogP contribution is -2.05. The molecular formula is C9H18O2S. The first-order valence-corrected chi connectivity index (χ1v) is 5.85. The highest BCUT2D eigenvalue weighted by Gasteiger charge is 2.00. The molecule has 0 heterocycles. The van der Waals surface area contributed by atoms with Gasteiger partial charge in [0.2, 0.25) is 0 Å². The minimum Gasteiger partial charge on any atom is -0.466 e. The van der Waals surface area contributed by atoms with Gasteiger partial charge in [0.05, 0.1) is 6.61 Å². The standard InChI is InChI=1S/C9H18O2S/c1-3-4-7-11-9(10)6-5-8-12-2/h3-8H2,1-2H3. The Morgan fingerprint density at radius 1 is 1.42 bits per heavy atom. The zero-order chi connectivity index (χ0) is 9.23. The Balaban J connectivity index is 3.10. The molecule has 0 fully saturated rings. The van der Waals surface area contributed by atoms with E-state index in [1.54, 1.807) is 11.8 Å². The molecule has 0 aliphatic carbocycles. The van der Waals surface area contributed by atoms with Gasteiger partial charge in [-0.2, -0.15) is 11.8 Å². The van der Waals surface area contributed by atoms with Crippen LogP contribution in [-0.2, 0) is 9.53 Å². The third-order valence-corrected chi connectivity index (χ3v) is 2.19. The molecule has 0 aliphatic heterocycles. The molecule has 0 spiro atoms. The number of thioether (sulfide) groups is 1. The summed E-state index contributed by atoms with van der Waals surface area (Å²) in [5.41, 5.74) is 0. The molecule has 0 aromatic carbocycles. The Bertz CT molecular complexity index is 103. The van der Waals surface area contributed by atoms with Gasteiger partial charge in [-0.15, -0.1) is 0 Å². The summed E-state index contributed by atoms with van der Waals surface area (Å²) in [6, 6.07) is 0. The molecule has 12 heavy (non-hydrogen) atoms. The van der Waals surface area contributed by atoms with Gasteiger partial charge in [-0.25, -0.2) is 0 Å². The van der Waals surface area contributed by atoms with Crippen LogP contribution in [0.5, 0.6) is 0 Å². The van der Waals surface area contributed by atoms with Crippen molar-refractivity contribution in [2.75, 3.05) is 18.6 Å². The molecule has 0 radical (unpaired) electrons. The summed E-state index contributed by atoms with van der Waals surface area (Å²) >= 11 is 1.76. The predicted octanol–water partition coefficient (Wildman–Crippen LogP) is 2.47. The van der Waals surface area contributed by atoms with Crippen molar-refractivity contribution in [3.8, 4) is 0 Å². The van der Waals surface area contributed by atoms with E-state index in [1.165, 1.54) is 0 Å². The molecule has 0 saturated carbocycles. The lowest BCUT2D eigenvalue weighted by Gasteiger charge is -2.02. The van der Waals surface area contributed by atoms with Gasteiger partial charge >= 0.3 is 5.97 Å². The van der Waals surface area contributed by atoms with Crippen molar-refractivity contribution in [1.82, 2.24) is 0 Å². The summed E-state index contributed by atoms with van der Waals surface area (Å²) in [7, 11) is 0. The van der Waals surface area contributed by atoms with Crippen molar-refractivity contribution < 1.29 is 9.53 Å². The van der Waals surface area contributed by atoms with Crippen LogP contribution < -0.4 is 0 Å². The van der Waals surface area contributed by atoms with Gasteiger partial charge in [0.15, 0.2) is 0 Å². The molecule has 0 aliphatic rings. The highest BCUT2D eigenvalue weighted by Crippen LogP contribution is 2.01. The summed E-state index contributed by atoms with van der Waals surface area (Å²) in [6.45, 7) is 2.68. The summed E-state index contributed by atoms with van der Waals surface area (Å²) in [5, 5.41) is 0. The quantitative estimate of drug-likeness (QED) is 0.455. The van der Waals surface area contributed by atoms with Gasteiger partial charge in [0.1, 0.15) is 0 Å². The van der Waals surface area contributed by atoms with E-state index in [2.05, 4.69) is 6.92 Å². The second kappa shape index (κ2) is 8.91. The normalized spacial score (nSPS) is 9.83. The van der Waals surface area contributed by atoms with Gasteiger partial charge < -0.3 is 4.74 Å². The monoisotopic (exact) mass is 190 g/mol. The van der Waals surface area contributed by atoms with E-state index in [-0.39, 0.29) is 5.97 Å². The van der Waals surface area contributed by atoms with Gasteiger partial charge in [0.25, 0.3) is 0 Å². The van der Waals surface area contributed by atoms with E-state index in [0.29, 0.717) is 13.0 Å². The molecule has 0 aromatic heterocycles. The number of carbonyl (C=O) groups excluding carboxylic acids is 1. The molecule has 0 unspecified atom stereocenters. The minimum atomic E-state index is -0.0440. The topological polar surface area (TPSA) is 26.3 Å². The molecule has 0 atom stereocenters. The number of ether oxygens (including phenoxy) is 1. The maximum Gasteiger partial charge on any atom is 0.305 e. The van der Waals surface area contributed by atoms with Gasteiger partial charge in [-0.1, -0.05) is 13.3 Å². The number of esters is 1. The molecule has 72 valence electrons. The number of carbonyl (C=O) groups is 1. The van der Waals surface area contributed by atoms with Gasteiger partial charge in [0, 0.05) is 6.42 Å². The summed E-state index contributed by atoms with van der Waals surface area (Å²) in [6.07, 6.45) is 5.62. The van der Waals surface area contributed by atoms with Gasteiger partial charge in [-0.05, 0) is 24.9 Å². The fourth-order valence-corrected chi connectivity index (χ4v) is 1.20. The number of rotatable bonds is 7. The zero-order valence-electron chi connectivity index (χ0n) is 7.97.